The molecule has 0 atom stereocenters. The molecule has 1 aliphatic carbocycles. The number of Topliss-reactive ketones (excluding diaryl/α,β-unsaturated/α-hetero) is 3. The van der Waals surface area contributed by atoms with Crippen molar-refractivity contribution in [2.24, 2.45) is 5.41 Å². The van der Waals surface area contributed by atoms with Crippen LogP contribution < -0.4 is 10.3 Å². The van der Waals surface area contributed by atoms with Gasteiger partial charge in [-0.3, -0.25) is 23.7 Å². The molecule has 0 radical (unpaired) electrons. The van der Waals surface area contributed by atoms with Crippen molar-refractivity contribution in [2.75, 3.05) is 7.11 Å². The number of carbonyl (C=O) groups excluding carboxylic acids is 3. The van der Waals surface area contributed by atoms with E-state index in [4.69, 9.17) is 4.74 Å². The zero-order chi connectivity index (χ0) is 24.6. The molecule has 0 saturated heterocycles. The maximum Gasteiger partial charge on any atom is 0.266 e. The molecule has 4 rings (SSSR count). The molecule has 3 aromatic rings. The van der Waals surface area contributed by atoms with E-state index in [9.17, 15) is 24.3 Å². The van der Waals surface area contributed by atoms with Crippen LogP contribution in [0.2, 0.25) is 0 Å². The van der Waals surface area contributed by atoms with Gasteiger partial charge in [0.25, 0.3) is 5.56 Å². The van der Waals surface area contributed by atoms with Gasteiger partial charge in [-0.05, 0) is 30.0 Å². The Kier molecular flexibility index (Phi) is 5.96. The summed E-state index contributed by atoms with van der Waals surface area (Å²) in [4.78, 5) is 52.5. The van der Waals surface area contributed by atoms with E-state index in [1.165, 1.54) is 35.9 Å². The van der Waals surface area contributed by atoms with Gasteiger partial charge in [-0.2, -0.15) is 0 Å². The van der Waals surface area contributed by atoms with E-state index >= 15 is 0 Å². The van der Waals surface area contributed by atoms with Crippen molar-refractivity contribution < 1.29 is 24.2 Å². The maximum atomic E-state index is 13.7. The summed E-state index contributed by atoms with van der Waals surface area (Å²) in [6.45, 7) is 3.86. The van der Waals surface area contributed by atoms with Gasteiger partial charge in [0.1, 0.15) is 11.5 Å². The number of aromatic nitrogens is 1. The Labute approximate surface area is 196 Å². The van der Waals surface area contributed by atoms with Crippen molar-refractivity contribution in [3.63, 3.8) is 0 Å². The molecule has 0 saturated carbocycles. The fourth-order valence-electron chi connectivity index (χ4n) is 4.39. The monoisotopic (exact) mass is 459 g/mol. The molecule has 0 aliphatic heterocycles. The van der Waals surface area contributed by atoms with E-state index in [-0.39, 0.29) is 34.8 Å². The summed E-state index contributed by atoms with van der Waals surface area (Å²) in [6.07, 6.45) is 0.153. The Morgan fingerprint density at radius 1 is 1.00 bits per heavy atom. The topological polar surface area (TPSA) is 103 Å². The summed E-state index contributed by atoms with van der Waals surface area (Å²) < 4.78 is 6.68. The van der Waals surface area contributed by atoms with E-state index in [1.54, 1.807) is 30.3 Å². The molecule has 1 aromatic heterocycles. The lowest BCUT2D eigenvalue weighted by atomic mass is 9.75. The number of pyridine rings is 1. The predicted octanol–water partition coefficient (Wildman–Crippen LogP) is 4.16. The normalized spacial score (nSPS) is 14.4. The third-order valence-electron chi connectivity index (χ3n) is 6.01. The van der Waals surface area contributed by atoms with Gasteiger partial charge in [0.05, 0.1) is 24.8 Å². The fourth-order valence-corrected chi connectivity index (χ4v) is 4.39. The van der Waals surface area contributed by atoms with Crippen molar-refractivity contribution in [2.45, 2.75) is 33.1 Å². The Bertz CT molecular complexity index is 1370. The van der Waals surface area contributed by atoms with Crippen molar-refractivity contribution in [3.8, 4) is 17.2 Å². The largest absolute Gasteiger partial charge is 0.508 e. The van der Waals surface area contributed by atoms with Crippen LogP contribution in [0.3, 0.4) is 0 Å². The number of aromatic hydroxyl groups is 1. The predicted molar refractivity (Wildman–Crippen MR) is 126 cm³/mol. The number of phenolic OH excluding ortho intramolecular Hbond substituents is 1. The second kappa shape index (κ2) is 8.74. The molecule has 1 heterocycles. The lowest BCUT2D eigenvalue weighted by Crippen LogP contribution is -2.37. The van der Waals surface area contributed by atoms with Gasteiger partial charge < -0.3 is 9.84 Å². The first-order valence-electron chi connectivity index (χ1n) is 10.9. The molecule has 0 unspecified atom stereocenters. The van der Waals surface area contributed by atoms with Gasteiger partial charge in [0, 0.05) is 29.3 Å². The minimum absolute atomic E-state index is 0.103. The highest BCUT2D eigenvalue weighted by Gasteiger charge is 2.35. The average Bonchev–Trinajstić information content (AvgIpc) is 2.78. The van der Waals surface area contributed by atoms with Crippen LogP contribution in [0, 0.1) is 5.41 Å². The number of carbonyl (C=O) groups is 3. The van der Waals surface area contributed by atoms with Gasteiger partial charge in [0.15, 0.2) is 17.3 Å². The van der Waals surface area contributed by atoms with E-state index in [0.717, 1.165) is 0 Å². The van der Waals surface area contributed by atoms with Crippen LogP contribution in [0.15, 0.2) is 59.4 Å². The highest BCUT2D eigenvalue weighted by molar-refractivity contribution is 6.14. The summed E-state index contributed by atoms with van der Waals surface area (Å²) in [6, 6.07) is 14.0. The van der Waals surface area contributed by atoms with Crippen molar-refractivity contribution >= 4 is 17.3 Å². The van der Waals surface area contributed by atoms with Gasteiger partial charge >= 0.3 is 0 Å². The molecule has 1 aliphatic rings. The minimum atomic E-state index is -0.674. The maximum absolute atomic E-state index is 13.7. The number of ether oxygens (including phenoxy) is 1. The van der Waals surface area contributed by atoms with Crippen LogP contribution in [0.25, 0.3) is 5.69 Å². The molecule has 7 heteroatoms. The molecular weight excluding hydrogens is 434 g/mol. The van der Waals surface area contributed by atoms with Gasteiger partial charge in [0.2, 0.25) is 0 Å². The summed E-state index contributed by atoms with van der Waals surface area (Å²) in [5.41, 5.74) is -0.0294. The Balaban J connectivity index is 1.91. The molecule has 34 heavy (non-hydrogen) atoms. The third-order valence-corrected chi connectivity index (χ3v) is 6.01. The van der Waals surface area contributed by atoms with Crippen LogP contribution in [0.5, 0.6) is 11.5 Å². The van der Waals surface area contributed by atoms with Gasteiger partial charge in [-0.1, -0.05) is 44.2 Å². The summed E-state index contributed by atoms with van der Waals surface area (Å²) in [5, 5.41) is 10.1. The number of fused-ring (bicyclic) bond motifs is 1. The first-order valence-corrected chi connectivity index (χ1v) is 10.9. The summed E-state index contributed by atoms with van der Waals surface area (Å²) >= 11 is 0. The fraction of sp³-hybridized carbons (Fsp3) is 0.259. The number of benzene rings is 2. The highest BCUT2D eigenvalue weighted by Crippen LogP contribution is 2.37. The number of hydrogen-bond acceptors (Lipinski definition) is 6. The lowest BCUT2D eigenvalue weighted by molar-refractivity contribution is 0.0892. The molecule has 2 aromatic carbocycles. The highest BCUT2D eigenvalue weighted by atomic mass is 16.5. The number of ketones is 3. The number of nitrogens with zero attached hydrogens (tertiary/aromatic N) is 1. The van der Waals surface area contributed by atoms with Crippen LogP contribution in [0.4, 0.5) is 0 Å². The van der Waals surface area contributed by atoms with Crippen LogP contribution in [0.1, 0.15) is 63.5 Å². The molecular formula is C27H25NO6. The minimum Gasteiger partial charge on any atom is -0.508 e. The first-order chi connectivity index (χ1) is 16.1. The van der Waals surface area contributed by atoms with Crippen molar-refractivity contribution in [1.29, 1.82) is 0 Å². The van der Waals surface area contributed by atoms with Crippen molar-refractivity contribution in [3.05, 3.63) is 87.3 Å². The second-order valence-corrected chi connectivity index (χ2v) is 9.25. The summed E-state index contributed by atoms with van der Waals surface area (Å²) in [5.74, 6) is -1.09. The Morgan fingerprint density at radius 2 is 1.71 bits per heavy atom. The van der Waals surface area contributed by atoms with E-state index in [2.05, 4.69) is 0 Å². The smallest absolute Gasteiger partial charge is 0.266 e. The second-order valence-electron chi connectivity index (χ2n) is 9.25. The molecule has 0 amide bonds. The lowest BCUT2D eigenvalue weighted by Gasteiger charge is -2.32. The number of phenols is 1. The molecule has 0 bridgehead atoms. The standard InChI is InChI=1S/C27H25NO6/c1-27(2)14-21-18(24(32)15-27)12-19(23(31)13-22(30)16-7-5-4-6-8-16)26(33)28(21)20-11-17(29)9-10-25(20)34-3/h4-12,29H,13-15H2,1-3H3. The number of hydrogen-bond donors (Lipinski definition) is 1. The zero-order valence-electron chi connectivity index (χ0n) is 19.3. The summed E-state index contributed by atoms with van der Waals surface area (Å²) in [7, 11) is 1.43. The van der Waals surface area contributed by atoms with Crippen LogP contribution >= 0.6 is 0 Å². The number of methoxy groups -OCH3 is 1. The molecule has 174 valence electrons. The molecule has 7 nitrogen and oxygen atoms in total. The Morgan fingerprint density at radius 3 is 2.38 bits per heavy atom. The van der Waals surface area contributed by atoms with E-state index < -0.39 is 29.0 Å². The first kappa shape index (κ1) is 23.2. The average molecular weight is 459 g/mol. The van der Waals surface area contributed by atoms with Crippen LogP contribution in [-0.2, 0) is 6.42 Å². The molecule has 0 fully saturated rings. The SMILES string of the molecule is COc1ccc(O)cc1-n1c2c(cc(C(=O)CC(=O)c3ccccc3)c1=O)C(=O)CC(C)(C)C2. The van der Waals surface area contributed by atoms with Gasteiger partial charge in [-0.25, -0.2) is 0 Å². The number of rotatable bonds is 6. The van der Waals surface area contributed by atoms with E-state index in [1.807, 2.05) is 13.8 Å². The van der Waals surface area contributed by atoms with Crippen molar-refractivity contribution in [1.82, 2.24) is 4.57 Å². The van der Waals surface area contributed by atoms with E-state index in [0.29, 0.717) is 23.4 Å². The van der Waals surface area contributed by atoms with Gasteiger partial charge in [-0.15, -0.1) is 0 Å². The third kappa shape index (κ3) is 4.29. The molecule has 1 N–H and O–H groups in total. The molecule has 0 spiro atoms. The Hall–Kier alpha value is -4.00. The van der Waals surface area contributed by atoms with Crippen LogP contribution in [-0.4, -0.2) is 34.1 Å². The zero-order valence-corrected chi connectivity index (χ0v) is 19.3. The quantitative estimate of drug-likeness (QED) is 0.439.